The van der Waals surface area contributed by atoms with E-state index < -0.39 is 41.2 Å². The smallest absolute Gasteiger partial charge is 0.303 e. The van der Waals surface area contributed by atoms with E-state index in [2.05, 4.69) is 10.6 Å². The van der Waals surface area contributed by atoms with Crippen molar-refractivity contribution in [3.05, 3.63) is 28.8 Å². The summed E-state index contributed by atoms with van der Waals surface area (Å²) in [7, 11) is 0. The molecule has 0 aliphatic carbocycles. The van der Waals surface area contributed by atoms with Crippen LogP contribution in [0.1, 0.15) is 38.7 Å². The summed E-state index contributed by atoms with van der Waals surface area (Å²) in [5, 5.41) is 15.4. The third-order valence-electron chi connectivity index (χ3n) is 6.43. The van der Waals surface area contributed by atoms with E-state index in [1.54, 1.807) is 25.1 Å². The lowest BCUT2D eigenvalue weighted by Crippen LogP contribution is -2.54. The molecule has 0 aromatic heterocycles. The number of aliphatic carboxylic acids is 1. The van der Waals surface area contributed by atoms with E-state index in [1.807, 2.05) is 6.92 Å². The zero-order valence-corrected chi connectivity index (χ0v) is 16.8. The third kappa shape index (κ3) is 2.62. The van der Waals surface area contributed by atoms with Crippen LogP contribution in [-0.4, -0.2) is 45.8 Å². The highest BCUT2D eigenvalue weighted by Gasteiger charge is 2.70. The lowest BCUT2D eigenvalue weighted by Gasteiger charge is -2.31. The van der Waals surface area contributed by atoms with Gasteiger partial charge in [-0.2, -0.15) is 0 Å². The van der Waals surface area contributed by atoms with Crippen molar-refractivity contribution < 1.29 is 24.3 Å². The third-order valence-corrected chi connectivity index (χ3v) is 6.75. The maximum atomic E-state index is 13.4. The Labute approximate surface area is 172 Å². The van der Waals surface area contributed by atoms with Gasteiger partial charge < -0.3 is 10.4 Å². The van der Waals surface area contributed by atoms with Crippen molar-refractivity contribution in [1.29, 1.82) is 0 Å². The number of fused-ring (bicyclic) bond motifs is 4. The first-order valence-electron chi connectivity index (χ1n) is 9.70. The van der Waals surface area contributed by atoms with Gasteiger partial charge in [0.15, 0.2) is 0 Å². The molecule has 154 valence electrons. The molecule has 29 heavy (non-hydrogen) atoms. The van der Waals surface area contributed by atoms with Crippen molar-refractivity contribution in [2.75, 3.05) is 5.32 Å². The molecule has 1 aromatic carbocycles. The highest BCUT2D eigenvalue weighted by atomic mass is 35.5. The number of carbonyl (C=O) groups excluding carboxylic acids is 3. The van der Waals surface area contributed by atoms with Gasteiger partial charge in [-0.25, -0.2) is 0 Å². The number of anilines is 1. The number of halogens is 1. The number of rotatable bonds is 5. The molecule has 2 saturated heterocycles. The molecule has 1 aromatic rings. The summed E-state index contributed by atoms with van der Waals surface area (Å²) in [5.41, 5.74) is -0.496. The Kier molecular flexibility index (Phi) is 4.66. The predicted octanol–water partition coefficient (Wildman–Crippen LogP) is 1.72. The van der Waals surface area contributed by atoms with Crippen LogP contribution < -0.4 is 10.6 Å². The standard InChI is InChI=1S/C20H22ClN3O5/c1-3-9(2)24-17(27)14-12(7-8-13(25)26)23-20(15(14)18(24)28)10-5-4-6-11(21)16(10)22-19(20)29/h4-6,9,12,14-15,23H,3,7-8H2,1-2H3,(H,22,29)(H,25,26)/t9-,12-,14+,15+,20-/m0/s1. The van der Waals surface area contributed by atoms with Crippen LogP contribution in [0.4, 0.5) is 5.69 Å². The zero-order valence-electron chi connectivity index (χ0n) is 16.1. The fourth-order valence-electron chi connectivity index (χ4n) is 4.96. The maximum absolute atomic E-state index is 13.4. The van der Waals surface area contributed by atoms with Crippen LogP contribution in [0.5, 0.6) is 0 Å². The van der Waals surface area contributed by atoms with Crippen molar-refractivity contribution in [2.45, 2.75) is 50.7 Å². The Bertz CT molecular complexity index is 935. The van der Waals surface area contributed by atoms with Crippen LogP contribution in [0, 0.1) is 11.8 Å². The SMILES string of the molecule is CC[C@H](C)N1C(=O)[C@@H]2[C@H](CCC(=O)O)N[C@]3(C(=O)Nc4c(Cl)cccc43)[C@H]2C1=O. The summed E-state index contributed by atoms with van der Waals surface area (Å²) in [4.78, 5) is 52.3. The summed E-state index contributed by atoms with van der Waals surface area (Å²) < 4.78 is 0. The van der Waals surface area contributed by atoms with Gasteiger partial charge in [-0.3, -0.25) is 29.4 Å². The molecular weight excluding hydrogens is 398 g/mol. The summed E-state index contributed by atoms with van der Waals surface area (Å²) in [6, 6.07) is 4.13. The van der Waals surface area contributed by atoms with Gasteiger partial charge in [-0.1, -0.05) is 30.7 Å². The predicted molar refractivity (Wildman–Crippen MR) is 104 cm³/mol. The molecule has 5 atom stereocenters. The summed E-state index contributed by atoms with van der Waals surface area (Å²) in [5.74, 6) is -3.94. The average Bonchev–Trinajstić information content (AvgIpc) is 3.26. The minimum absolute atomic E-state index is 0.134. The Morgan fingerprint density at radius 2 is 2.03 bits per heavy atom. The van der Waals surface area contributed by atoms with Crippen LogP contribution in [0.25, 0.3) is 0 Å². The number of carboxylic acid groups (broad SMARTS) is 1. The fraction of sp³-hybridized carbons (Fsp3) is 0.500. The van der Waals surface area contributed by atoms with E-state index in [9.17, 15) is 19.2 Å². The van der Waals surface area contributed by atoms with Gasteiger partial charge in [-0.15, -0.1) is 0 Å². The van der Waals surface area contributed by atoms with Gasteiger partial charge in [-0.05, 0) is 25.8 Å². The van der Waals surface area contributed by atoms with Crippen molar-refractivity contribution in [3.63, 3.8) is 0 Å². The quantitative estimate of drug-likeness (QED) is 0.626. The van der Waals surface area contributed by atoms with Gasteiger partial charge in [0.1, 0.15) is 5.54 Å². The van der Waals surface area contributed by atoms with Gasteiger partial charge in [0, 0.05) is 24.1 Å². The minimum Gasteiger partial charge on any atom is -0.481 e. The Morgan fingerprint density at radius 3 is 2.69 bits per heavy atom. The second-order valence-corrected chi connectivity index (χ2v) is 8.32. The van der Waals surface area contributed by atoms with Gasteiger partial charge in [0.2, 0.25) is 17.7 Å². The largest absolute Gasteiger partial charge is 0.481 e. The lowest BCUT2D eigenvalue weighted by atomic mass is 9.76. The van der Waals surface area contributed by atoms with Crippen LogP contribution >= 0.6 is 11.6 Å². The number of para-hydroxylation sites is 1. The van der Waals surface area contributed by atoms with E-state index in [4.69, 9.17) is 16.7 Å². The Balaban J connectivity index is 1.86. The molecule has 3 aliphatic heterocycles. The molecule has 0 unspecified atom stereocenters. The number of hydrogen-bond acceptors (Lipinski definition) is 5. The lowest BCUT2D eigenvalue weighted by molar-refractivity contribution is -0.145. The van der Waals surface area contributed by atoms with E-state index in [0.717, 1.165) is 0 Å². The highest BCUT2D eigenvalue weighted by Crippen LogP contribution is 2.54. The summed E-state index contributed by atoms with van der Waals surface area (Å²) >= 11 is 6.26. The molecule has 9 heteroatoms. The number of hydrogen-bond donors (Lipinski definition) is 3. The average molecular weight is 420 g/mol. The number of carbonyl (C=O) groups is 4. The molecule has 1 spiro atoms. The van der Waals surface area contributed by atoms with Crippen molar-refractivity contribution >= 4 is 41.0 Å². The number of imide groups is 1. The first-order valence-corrected chi connectivity index (χ1v) is 10.1. The molecule has 3 aliphatic rings. The molecule has 3 amide bonds. The number of likely N-dealkylation sites (tertiary alicyclic amines) is 1. The van der Waals surface area contributed by atoms with Crippen LogP contribution in [0.3, 0.4) is 0 Å². The molecule has 8 nitrogen and oxygen atoms in total. The van der Waals surface area contributed by atoms with Crippen molar-refractivity contribution in [1.82, 2.24) is 10.2 Å². The number of nitrogens with zero attached hydrogens (tertiary/aromatic N) is 1. The van der Waals surface area contributed by atoms with E-state index in [-0.39, 0.29) is 24.8 Å². The van der Waals surface area contributed by atoms with Crippen molar-refractivity contribution in [2.24, 2.45) is 11.8 Å². The number of nitrogens with one attached hydrogen (secondary N) is 2. The molecule has 0 saturated carbocycles. The number of carboxylic acids is 1. The molecular formula is C20H22ClN3O5. The zero-order chi connectivity index (χ0) is 21.1. The number of amides is 3. The number of benzene rings is 1. The van der Waals surface area contributed by atoms with Crippen molar-refractivity contribution in [3.8, 4) is 0 Å². The topological polar surface area (TPSA) is 116 Å². The van der Waals surface area contributed by atoms with E-state index in [1.165, 1.54) is 4.90 Å². The fourth-order valence-corrected chi connectivity index (χ4v) is 5.18. The Hall–Kier alpha value is -2.45. The first kappa shape index (κ1) is 19.8. The summed E-state index contributed by atoms with van der Waals surface area (Å²) in [6.45, 7) is 3.68. The highest BCUT2D eigenvalue weighted by molar-refractivity contribution is 6.35. The molecule has 3 heterocycles. The van der Waals surface area contributed by atoms with Crippen LogP contribution in [-0.2, 0) is 24.7 Å². The normalized spacial score (nSPS) is 31.2. The van der Waals surface area contributed by atoms with E-state index >= 15 is 0 Å². The second-order valence-electron chi connectivity index (χ2n) is 7.91. The van der Waals surface area contributed by atoms with Gasteiger partial charge in [0.05, 0.1) is 22.5 Å². The Morgan fingerprint density at radius 1 is 1.31 bits per heavy atom. The van der Waals surface area contributed by atoms with Crippen LogP contribution in [0.2, 0.25) is 5.02 Å². The monoisotopic (exact) mass is 419 g/mol. The molecule has 3 N–H and O–H groups in total. The first-order chi connectivity index (χ1) is 13.7. The molecule has 2 fully saturated rings. The second kappa shape index (κ2) is 6.81. The maximum Gasteiger partial charge on any atom is 0.303 e. The van der Waals surface area contributed by atoms with Gasteiger partial charge >= 0.3 is 5.97 Å². The minimum atomic E-state index is -1.44. The molecule has 4 rings (SSSR count). The van der Waals surface area contributed by atoms with Crippen LogP contribution in [0.15, 0.2) is 18.2 Å². The van der Waals surface area contributed by atoms with E-state index in [0.29, 0.717) is 22.7 Å². The molecule has 0 bridgehead atoms. The summed E-state index contributed by atoms with van der Waals surface area (Å²) in [6.07, 6.45) is 0.548. The van der Waals surface area contributed by atoms with Gasteiger partial charge in [0.25, 0.3) is 0 Å². The molecule has 0 radical (unpaired) electrons.